The maximum absolute atomic E-state index is 14.2. The largest absolute Gasteiger partial charge is 0.481 e. The SMILES string of the molecule is CC[C@H](C)[C@H](NC(=O)[C@H](C)NC(=O)[C@H](CC(N)=O)NC(=O)[C@H](CCCN=C(N)N)NC(=O)[C@H](CCCN=C(N)N)NC(=O)CNC(=O)[C@@H](NC(=O)[C@H](CCCN=C(N)N)NC(=O)CN)[C@@H](C)O)C(=O)N[C@H](Cc1cnc[nH]1)C(=O)N[C@@H](CC(=O)O)C(N)=O. The molecule has 0 aliphatic heterocycles. The molecule has 1 aromatic heterocycles. The Morgan fingerprint density at radius 2 is 0.977 bits per heavy atom. The van der Waals surface area contributed by atoms with Gasteiger partial charge in [-0.15, -0.1) is 0 Å². The summed E-state index contributed by atoms with van der Waals surface area (Å²) in [6.45, 7) is 4.17. The number of carbonyl (C=O) groups is 13. The summed E-state index contributed by atoms with van der Waals surface area (Å²) in [5, 5.41) is 43.5. The molecule has 0 saturated heterocycles. The van der Waals surface area contributed by atoms with Crippen molar-refractivity contribution in [2.24, 2.45) is 72.5 Å². The van der Waals surface area contributed by atoms with E-state index in [0.29, 0.717) is 5.69 Å². The van der Waals surface area contributed by atoms with Crippen LogP contribution in [0, 0.1) is 5.92 Å². The fraction of sp³-hybridized carbons (Fsp3) is 0.612. The highest BCUT2D eigenvalue weighted by molar-refractivity contribution is 6.00. The molecule has 1 aromatic rings. The monoisotopic (exact) mass is 1250 g/mol. The molecule has 39 nitrogen and oxygen atoms in total. The topological polar surface area (TPSA) is 683 Å². The Labute approximate surface area is 505 Å². The summed E-state index contributed by atoms with van der Waals surface area (Å²) in [7, 11) is 0. The molecule has 0 unspecified atom stereocenters. The third kappa shape index (κ3) is 30.2. The quantitative estimate of drug-likeness (QED) is 0.0164. The van der Waals surface area contributed by atoms with Gasteiger partial charge in [0.1, 0.15) is 54.4 Å². The zero-order valence-corrected chi connectivity index (χ0v) is 49.3. The van der Waals surface area contributed by atoms with Crippen molar-refractivity contribution in [2.75, 3.05) is 32.7 Å². The fourth-order valence-electron chi connectivity index (χ4n) is 7.82. The lowest BCUT2D eigenvalue weighted by molar-refractivity contribution is -0.140. The number of aliphatic hydroxyl groups is 1. The summed E-state index contributed by atoms with van der Waals surface area (Å²) in [5.41, 5.74) is 49.1. The lowest BCUT2D eigenvalue weighted by Crippen LogP contribution is -2.61. The second-order valence-electron chi connectivity index (χ2n) is 20.0. The maximum atomic E-state index is 14.2. The number of guanidine groups is 3. The molecule has 1 rings (SSSR count). The molecule has 0 radical (unpaired) electrons. The third-order valence-electron chi connectivity index (χ3n) is 12.7. The average Bonchev–Trinajstić information content (AvgIpc) is 3.93. The molecule has 0 spiro atoms. The van der Waals surface area contributed by atoms with Gasteiger partial charge < -0.3 is 120 Å². The van der Waals surface area contributed by atoms with Crippen molar-refractivity contribution in [3.63, 3.8) is 0 Å². The van der Waals surface area contributed by atoms with Crippen LogP contribution in [0.4, 0.5) is 0 Å². The predicted octanol–water partition coefficient (Wildman–Crippen LogP) is -11.2. The number of hydrogen-bond donors (Lipinski definition) is 22. The highest BCUT2D eigenvalue weighted by Crippen LogP contribution is 2.12. The molecule has 492 valence electrons. The van der Waals surface area contributed by atoms with Gasteiger partial charge in [-0.05, 0) is 58.3 Å². The zero-order chi connectivity index (χ0) is 66.8. The standard InChI is InChI=1S/C49H86N24O15/c1-5-22(2)36(46(88)71-30(15-25-19-59-21-64-25)44(86)69-29(38(52)80)17-35(78)79)72-39(81)23(3)65-43(85)31(16-32(51)75)70-41(83)28(11-8-14-62-49(57)58)68-40(82)26(9-6-12-60-47(53)54)67-34(77)20-63-45(87)37(24(4)74)73-42(84)27(66-33(76)18-50)10-7-13-61-48(55)56/h19,21-24,26-31,36-37,74H,5-18,20,50H2,1-4H3,(H2,51,75)(H2,52,80)(H,59,64)(H,63,87)(H,65,85)(H,66,76)(H,67,77)(H,68,82)(H,69,86)(H,70,83)(H,71,88)(H,72,81)(H,73,84)(H,78,79)(H4,53,54,60)(H4,55,56,61)(H4,57,58,62)/t22-,23-,24+,26-,27-,28-,29-,30+,31-,36-,37-/m0/s1. The van der Waals surface area contributed by atoms with E-state index in [1.54, 1.807) is 13.8 Å². The van der Waals surface area contributed by atoms with Gasteiger partial charge in [-0.2, -0.15) is 0 Å². The van der Waals surface area contributed by atoms with Gasteiger partial charge in [-0.25, -0.2) is 4.98 Å². The van der Waals surface area contributed by atoms with Gasteiger partial charge in [0, 0.05) is 37.9 Å². The normalized spacial score (nSPS) is 14.5. The number of nitrogens with one attached hydrogen (secondary N) is 11. The van der Waals surface area contributed by atoms with Gasteiger partial charge in [0.2, 0.25) is 70.9 Å². The molecule has 0 fully saturated rings. The Balaban J connectivity index is 3.45. The van der Waals surface area contributed by atoms with Gasteiger partial charge in [0.05, 0.1) is 38.4 Å². The number of amides is 12. The van der Waals surface area contributed by atoms with Crippen LogP contribution in [0.5, 0.6) is 0 Å². The van der Waals surface area contributed by atoms with Crippen molar-refractivity contribution in [1.82, 2.24) is 63.1 Å². The van der Waals surface area contributed by atoms with Gasteiger partial charge in [0.15, 0.2) is 17.9 Å². The first-order valence-electron chi connectivity index (χ1n) is 27.6. The maximum Gasteiger partial charge on any atom is 0.305 e. The summed E-state index contributed by atoms with van der Waals surface area (Å²) in [6, 6.07) is -14.0. The van der Waals surface area contributed by atoms with E-state index in [1.165, 1.54) is 19.4 Å². The number of imidazole rings is 1. The van der Waals surface area contributed by atoms with Crippen molar-refractivity contribution in [2.45, 2.75) is 152 Å². The van der Waals surface area contributed by atoms with E-state index in [1.807, 2.05) is 0 Å². The number of aliphatic imine (C=N–C) groups is 3. The molecule has 0 aromatic carbocycles. The van der Waals surface area contributed by atoms with Crippen LogP contribution in [0.15, 0.2) is 27.5 Å². The molecule has 88 heavy (non-hydrogen) atoms. The first-order chi connectivity index (χ1) is 41.3. The smallest absolute Gasteiger partial charge is 0.305 e. The Morgan fingerprint density at radius 3 is 1.42 bits per heavy atom. The summed E-state index contributed by atoms with van der Waals surface area (Å²) in [4.78, 5) is 189. The number of aliphatic hydroxyl groups excluding tert-OH is 1. The van der Waals surface area contributed by atoms with Gasteiger partial charge in [-0.3, -0.25) is 77.3 Å². The Kier molecular flexibility index (Phi) is 34.2. The minimum absolute atomic E-state index is 0.00901. The van der Waals surface area contributed by atoms with Crippen LogP contribution in [0.25, 0.3) is 0 Å². The summed E-state index contributed by atoms with van der Waals surface area (Å²) in [5.74, 6) is -15.2. The second-order valence-corrected chi connectivity index (χ2v) is 20.0. The zero-order valence-electron chi connectivity index (χ0n) is 49.3. The van der Waals surface area contributed by atoms with Gasteiger partial charge in [0.25, 0.3) is 0 Å². The van der Waals surface area contributed by atoms with Crippen LogP contribution in [0.2, 0.25) is 0 Å². The number of carboxylic acids is 1. The number of H-pyrrole nitrogens is 1. The van der Waals surface area contributed by atoms with Crippen LogP contribution < -0.4 is 105 Å². The molecular formula is C49H86N24O15. The molecule has 39 heteroatoms. The number of nitrogens with two attached hydrogens (primary N) is 9. The lowest BCUT2D eigenvalue weighted by Gasteiger charge is -2.28. The number of aromatic amines is 1. The first-order valence-corrected chi connectivity index (χ1v) is 27.6. The minimum Gasteiger partial charge on any atom is -0.481 e. The van der Waals surface area contributed by atoms with Crippen molar-refractivity contribution >= 4 is 94.7 Å². The van der Waals surface area contributed by atoms with Crippen LogP contribution in [0.3, 0.4) is 0 Å². The summed E-state index contributed by atoms with van der Waals surface area (Å²) in [6.07, 6.45) is -1.00. The number of primary amides is 2. The van der Waals surface area contributed by atoms with E-state index < -0.39 is 169 Å². The Morgan fingerprint density at radius 1 is 0.534 bits per heavy atom. The first kappa shape index (κ1) is 76.1. The number of nitrogens with zero attached hydrogens (tertiary/aromatic N) is 4. The predicted molar refractivity (Wildman–Crippen MR) is 314 cm³/mol. The minimum atomic E-state index is -1.83. The van der Waals surface area contributed by atoms with Crippen LogP contribution in [-0.2, 0) is 68.7 Å². The van der Waals surface area contributed by atoms with Crippen molar-refractivity contribution in [3.05, 3.63) is 18.2 Å². The number of carbonyl (C=O) groups excluding carboxylic acids is 12. The van der Waals surface area contributed by atoms with E-state index in [9.17, 15) is 72.5 Å². The van der Waals surface area contributed by atoms with Crippen LogP contribution >= 0.6 is 0 Å². The molecule has 0 aliphatic carbocycles. The lowest BCUT2D eigenvalue weighted by atomic mass is 9.97. The highest BCUT2D eigenvalue weighted by Gasteiger charge is 2.36. The number of rotatable bonds is 42. The number of carboxylic acid groups (broad SMARTS) is 1. The fourth-order valence-corrected chi connectivity index (χ4v) is 7.82. The number of aliphatic carboxylic acids is 1. The van der Waals surface area contributed by atoms with Crippen molar-refractivity contribution < 1.29 is 72.5 Å². The Hall–Kier alpha value is -9.95. The van der Waals surface area contributed by atoms with E-state index in [-0.39, 0.29) is 88.9 Å². The van der Waals surface area contributed by atoms with E-state index in [4.69, 9.17) is 51.6 Å². The molecule has 0 saturated carbocycles. The summed E-state index contributed by atoms with van der Waals surface area (Å²) < 4.78 is 0. The molecule has 12 amide bonds. The summed E-state index contributed by atoms with van der Waals surface area (Å²) >= 11 is 0. The van der Waals surface area contributed by atoms with Crippen LogP contribution in [-0.4, -0.2) is 208 Å². The van der Waals surface area contributed by atoms with E-state index in [2.05, 4.69) is 78.1 Å². The molecule has 31 N–H and O–H groups in total. The van der Waals surface area contributed by atoms with Crippen LogP contribution in [0.1, 0.15) is 91.2 Å². The molecule has 0 aliphatic rings. The molecule has 1 heterocycles. The van der Waals surface area contributed by atoms with Gasteiger partial charge in [-0.1, -0.05) is 20.3 Å². The molecule has 11 atom stereocenters. The molecular weight excluding hydrogens is 1160 g/mol. The second kappa shape index (κ2) is 39.6. The van der Waals surface area contributed by atoms with E-state index >= 15 is 0 Å². The number of hydrogen-bond acceptors (Lipinski definition) is 19. The molecule has 0 bridgehead atoms. The Bertz CT molecular complexity index is 2640. The average molecular weight is 1250 g/mol. The number of aromatic nitrogens is 2. The van der Waals surface area contributed by atoms with Gasteiger partial charge >= 0.3 is 5.97 Å². The van der Waals surface area contributed by atoms with E-state index in [0.717, 1.165) is 6.92 Å². The van der Waals surface area contributed by atoms with Crippen molar-refractivity contribution in [1.29, 1.82) is 0 Å². The third-order valence-corrected chi connectivity index (χ3v) is 12.7. The van der Waals surface area contributed by atoms with Crippen molar-refractivity contribution in [3.8, 4) is 0 Å². The highest BCUT2D eigenvalue weighted by atomic mass is 16.4.